The minimum atomic E-state index is -0.206. The zero-order valence-corrected chi connectivity index (χ0v) is 18.0. The van der Waals surface area contributed by atoms with Gasteiger partial charge in [0, 0.05) is 12.5 Å². The van der Waals surface area contributed by atoms with E-state index in [9.17, 15) is 9.59 Å². The van der Waals surface area contributed by atoms with Crippen molar-refractivity contribution in [2.45, 2.75) is 38.8 Å². The number of methoxy groups -OCH3 is 1. The Morgan fingerprint density at radius 1 is 1.26 bits per heavy atom. The summed E-state index contributed by atoms with van der Waals surface area (Å²) in [7, 11) is 1.60. The van der Waals surface area contributed by atoms with Gasteiger partial charge < -0.3 is 25.4 Å². The molecule has 0 saturated heterocycles. The first-order chi connectivity index (χ1) is 15.1. The lowest BCUT2D eigenvalue weighted by atomic mass is 10.0. The number of nitrogens with zero attached hydrogens (tertiary/aromatic N) is 1. The number of anilines is 1. The summed E-state index contributed by atoms with van der Waals surface area (Å²) >= 11 is 0. The van der Waals surface area contributed by atoms with E-state index in [0.717, 1.165) is 24.0 Å². The molecule has 164 valence electrons. The molecule has 0 bridgehead atoms. The first kappa shape index (κ1) is 21.2. The molecule has 7 heteroatoms. The Hall–Kier alpha value is -3.06. The molecule has 0 aromatic heterocycles. The van der Waals surface area contributed by atoms with Gasteiger partial charge in [-0.15, -0.1) is 0 Å². The number of benzene rings is 2. The fraction of sp³-hybridized carbons (Fsp3) is 0.417. The highest BCUT2D eigenvalue weighted by molar-refractivity contribution is 6.07. The second kappa shape index (κ2) is 8.98. The number of nitrogens with two attached hydrogens (primary N) is 1. The molecule has 31 heavy (non-hydrogen) atoms. The maximum Gasteiger partial charge on any atom is 0.257 e. The number of carbonyl (C=O) groups excluding carboxylic acids is 2. The van der Waals surface area contributed by atoms with Crippen molar-refractivity contribution < 1.29 is 19.1 Å². The summed E-state index contributed by atoms with van der Waals surface area (Å²) < 4.78 is 11.1. The summed E-state index contributed by atoms with van der Waals surface area (Å²) in [4.78, 5) is 27.6. The average molecular weight is 424 g/mol. The smallest absolute Gasteiger partial charge is 0.257 e. The Bertz CT molecular complexity index is 987. The zero-order chi connectivity index (χ0) is 22.0. The molecule has 1 aliphatic carbocycles. The Labute approximate surface area is 182 Å². The quantitative estimate of drug-likeness (QED) is 0.644. The van der Waals surface area contributed by atoms with E-state index < -0.39 is 0 Å². The van der Waals surface area contributed by atoms with E-state index >= 15 is 0 Å². The molecule has 3 N–H and O–H groups in total. The molecular weight excluding hydrogens is 394 g/mol. The minimum Gasteiger partial charge on any atom is -0.493 e. The Kier molecular flexibility index (Phi) is 6.13. The molecule has 7 nitrogen and oxygen atoms in total. The van der Waals surface area contributed by atoms with E-state index in [1.165, 1.54) is 0 Å². The number of hydrogen-bond acceptors (Lipinski definition) is 5. The summed E-state index contributed by atoms with van der Waals surface area (Å²) in [6.07, 6.45) is 2.44. The van der Waals surface area contributed by atoms with Gasteiger partial charge in [0.25, 0.3) is 5.91 Å². The van der Waals surface area contributed by atoms with Crippen LogP contribution in [-0.4, -0.2) is 37.0 Å². The predicted octanol–water partition coefficient (Wildman–Crippen LogP) is 3.49. The van der Waals surface area contributed by atoms with Crippen molar-refractivity contribution in [3.05, 3.63) is 53.1 Å². The predicted molar refractivity (Wildman–Crippen MR) is 118 cm³/mol. The lowest BCUT2D eigenvalue weighted by Crippen LogP contribution is -2.31. The van der Waals surface area contributed by atoms with E-state index in [1.54, 1.807) is 13.2 Å². The van der Waals surface area contributed by atoms with Crippen molar-refractivity contribution in [2.75, 3.05) is 25.6 Å². The van der Waals surface area contributed by atoms with E-state index in [-0.39, 0.29) is 23.8 Å². The van der Waals surface area contributed by atoms with Crippen LogP contribution in [0.4, 0.5) is 5.69 Å². The summed E-state index contributed by atoms with van der Waals surface area (Å²) in [6.45, 7) is 3.34. The van der Waals surface area contributed by atoms with Gasteiger partial charge in [-0.05, 0) is 62.1 Å². The first-order valence-corrected chi connectivity index (χ1v) is 10.8. The molecule has 4 rings (SSSR count). The second-order valence-electron chi connectivity index (χ2n) is 7.97. The number of hydrogen-bond donors (Lipinski definition) is 2. The van der Waals surface area contributed by atoms with Gasteiger partial charge in [-0.25, -0.2) is 0 Å². The normalized spacial score (nSPS) is 16.1. The highest BCUT2D eigenvalue weighted by Crippen LogP contribution is 2.39. The van der Waals surface area contributed by atoms with Gasteiger partial charge in [0.2, 0.25) is 5.91 Å². The van der Waals surface area contributed by atoms with Crippen LogP contribution in [0.1, 0.15) is 53.7 Å². The third-order valence-electron chi connectivity index (χ3n) is 5.86. The van der Waals surface area contributed by atoms with Crippen LogP contribution in [0.5, 0.6) is 11.5 Å². The largest absolute Gasteiger partial charge is 0.493 e. The number of rotatable bonds is 9. The van der Waals surface area contributed by atoms with Gasteiger partial charge in [-0.2, -0.15) is 0 Å². The molecule has 1 saturated carbocycles. The molecule has 1 fully saturated rings. The maximum atomic E-state index is 13.5. The van der Waals surface area contributed by atoms with E-state index in [2.05, 4.69) is 5.32 Å². The lowest BCUT2D eigenvalue weighted by molar-refractivity contribution is -0.117. The molecule has 0 spiro atoms. The van der Waals surface area contributed by atoms with E-state index in [0.29, 0.717) is 48.9 Å². The van der Waals surface area contributed by atoms with Crippen molar-refractivity contribution in [1.29, 1.82) is 0 Å². The molecule has 2 aromatic carbocycles. The lowest BCUT2D eigenvalue weighted by Gasteiger charge is -2.28. The van der Waals surface area contributed by atoms with Crippen LogP contribution in [-0.2, 0) is 11.3 Å². The van der Waals surface area contributed by atoms with Crippen molar-refractivity contribution in [2.24, 2.45) is 11.7 Å². The number of carbonyl (C=O) groups is 2. The monoisotopic (exact) mass is 423 g/mol. The Morgan fingerprint density at radius 3 is 2.74 bits per heavy atom. The summed E-state index contributed by atoms with van der Waals surface area (Å²) in [5.74, 6) is 1.28. The van der Waals surface area contributed by atoms with Crippen LogP contribution in [0.25, 0.3) is 0 Å². The minimum absolute atomic E-state index is 0.00494. The van der Waals surface area contributed by atoms with Gasteiger partial charge in [-0.1, -0.05) is 18.2 Å². The number of fused-ring (bicyclic) bond motifs is 1. The van der Waals surface area contributed by atoms with E-state index in [1.807, 2.05) is 42.2 Å². The molecule has 1 heterocycles. The van der Waals surface area contributed by atoms with Crippen LogP contribution in [0.3, 0.4) is 0 Å². The number of amides is 2. The topological polar surface area (TPSA) is 93.9 Å². The summed E-state index contributed by atoms with van der Waals surface area (Å²) in [5.41, 5.74) is 8.96. The van der Waals surface area contributed by atoms with Crippen LogP contribution in [0.15, 0.2) is 36.4 Å². The molecule has 0 unspecified atom stereocenters. The van der Waals surface area contributed by atoms with Crippen LogP contribution in [0, 0.1) is 5.92 Å². The highest BCUT2D eigenvalue weighted by atomic mass is 16.5. The second-order valence-corrected chi connectivity index (χ2v) is 7.97. The third kappa shape index (κ3) is 4.23. The molecule has 2 amide bonds. The molecule has 1 aliphatic heterocycles. The van der Waals surface area contributed by atoms with Crippen molar-refractivity contribution in [3.63, 3.8) is 0 Å². The fourth-order valence-electron chi connectivity index (χ4n) is 4.15. The zero-order valence-electron chi connectivity index (χ0n) is 18.0. The van der Waals surface area contributed by atoms with Gasteiger partial charge in [0.1, 0.15) is 0 Å². The molecular formula is C24H29N3O4. The molecule has 2 aliphatic rings. The third-order valence-corrected chi connectivity index (χ3v) is 5.86. The summed E-state index contributed by atoms with van der Waals surface area (Å²) in [6, 6.07) is 11.2. The molecule has 1 atom stereocenters. The van der Waals surface area contributed by atoms with Crippen molar-refractivity contribution in [1.82, 2.24) is 4.90 Å². The van der Waals surface area contributed by atoms with Crippen LogP contribution >= 0.6 is 0 Å². The van der Waals surface area contributed by atoms with Gasteiger partial charge in [0.15, 0.2) is 11.5 Å². The van der Waals surface area contributed by atoms with Crippen LogP contribution in [0.2, 0.25) is 0 Å². The fourth-order valence-corrected chi connectivity index (χ4v) is 4.15. The Morgan fingerprint density at radius 2 is 2.06 bits per heavy atom. The maximum absolute atomic E-state index is 13.5. The summed E-state index contributed by atoms with van der Waals surface area (Å²) in [5, 5.41) is 2.96. The van der Waals surface area contributed by atoms with Crippen LogP contribution < -0.4 is 20.5 Å². The van der Waals surface area contributed by atoms with Crippen molar-refractivity contribution in [3.8, 4) is 11.5 Å². The average Bonchev–Trinajstić information content (AvgIpc) is 3.57. The van der Waals surface area contributed by atoms with Gasteiger partial charge in [-0.3, -0.25) is 9.59 Å². The number of ether oxygens (including phenoxy) is 2. The highest BCUT2D eigenvalue weighted by Gasteiger charge is 2.37. The van der Waals surface area contributed by atoms with Crippen molar-refractivity contribution >= 4 is 17.5 Å². The Balaban J connectivity index is 1.64. The standard InChI is InChI=1S/C24H29N3O4/c1-3-31-21-13-16(9-10-20(21)30-2)19(11-12-25)27-14-17-5-4-6-18(22(17)24(27)29)26-23(28)15-7-8-15/h4-6,9-10,13,15,19H,3,7-8,11-12,14,25H2,1-2H3,(H,26,28)/t19-/m0/s1. The first-order valence-electron chi connectivity index (χ1n) is 10.8. The molecule has 0 radical (unpaired) electrons. The number of nitrogens with one attached hydrogen (secondary N) is 1. The van der Waals surface area contributed by atoms with Gasteiger partial charge >= 0.3 is 0 Å². The van der Waals surface area contributed by atoms with E-state index in [4.69, 9.17) is 15.2 Å². The molecule has 2 aromatic rings. The van der Waals surface area contributed by atoms with Gasteiger partial charge in [0.05, 0.1) is 31.0 Å². The SMILES string of the molecule is CCOc1cc([C@H](CCN)N2Cc3cccc(NC(=O)C4CC4)c3C2=O)ccc1OC.